The SMILES string of the molecule is CC(C)Oc1ccc(C(O)c2ccc(N)cc2)cc1. The summed E-state index contributed by atoms with van der Waals surface area (Å²) in [5, 5.41) is 10.3. The summed E-state index contributed by atoms with van der Waals surface area (Å²) in [6, 6.07) is 14.7. The minimum absolute atomic E-state index is 0.146. The van der Waals surface area contributed by atoms with E-state index in [-0.39, 0.29) is 6.10 Å². The van der Waals surface area contributed by atoms with Crippen molar-refractivity contribution >= 4 is 5.69 Å². The average Bonchev–Trinajstić information content (AvgIpc) is 2.39. The van der Waals surface area contributed by atoms with E-state index in [0.29, 0.717) is 5.69 Å². The summed E-state index contributed by atoms with van der Waals surface area (Å²) in [5.74, 6) is 0.809. The van der Waals surface area contributed by atoms with Gasteiger partial charge in [0.2, 0.25) is 0 Å². The van der Waals surface area contributed by atoms with Crippen LogP contribution < -0.4 is 10.5 Å². The molecule has 0 aliphatic heterocycles. The molecule has 3 N–H and O–H groups in total. The van der Waals surface area contributed by atoms with E-state index in [2.05, 4.69) is 0 Å². The molecule has 100 valence electrons. The van der Waals surface area contributed by atoms with E-state index in [0.717, 1.165) is 16.9 Å². The van der Waals surface area contributed by atoms with Crippen LogP contribution in [0.2, 0.25) is 0 Å². The van der Waals surface area contributed by atoms with E-state index in [1.54, 1.807) is 12.1 Å². The van der Waals surface area contributed by atoms with E-state index in [9.17, 15) is 5.11 Å². The Kier molecular flexibility index (Phi) is 4.07. The van der Waals surface area contributed by atoms with Gasteiger partial charge in [0.15, 0.2) is 0 Å². The highest BCUT2D eigenvalue weighted by Gasteiger charge is 2.10. The second-order valence-electron chi connectivity index (χ2n) is 4.80. The van der Waals surface area contributed by atoms with Crippen molar-refractivity contribution in [1.29, 1.82) is 0 Å². The largest absolute Gasteiger partial charge is 0.491 e. The van der Waals surface area contributed by atoms with Crippen molar-refractivity contribution in [3.63, 3.8) is 0 Å². The van der Waals surface area contributed by atoms with Crippen LogP contribution in [0, 0.1) is 0 Å². The monoisotopic (exact) mass is 257 g/mol. The highest BCUT2D eigenvalue weighted by atomic mass is 16.5. The van der Waals surface area contributed by atoms with Crippen molar-refractivity contribution in [3.05, 3.63) is 59.7 Å². The van der Waals surface area contributed by atoms with Gasteiger partial charge in [0.05, 0.1) is 6.10 Å². The zero-order valence-corrected chi connectivity index (χ0v) is 11.2. The minimum atomic E-state index is -0.645. The van der Waals surface area contributed by atoms with Crippen molar-refractivity contribution < 1.29 is 9.84 Å². The minimum Gasteiger partial charge on any atom is -0.491 e. The second kappa shape index (κ2) is 5.76. The van der Waals surface area contributed by atoms with Crippen LogP contribution in [0.1, 0.15) is 31.1 Å². The topological polar surface area (TPSA) is 55.5 Å². The normalized spacial score (nSPS) is 12.4. The van der Waals surface area contributed by atoms with Gasteiger partial charge in [0, 0.05) is 5.69 Å². The molecule has 2 aromatic carbocycles. The fraction of sp³-hybridized carbons (Fsp3) is 0.250. The number of nitrogen functional groups attached to an aromatic ring is 1. The van der Waals surface area contributed by atoms with Gasteiger partial charge in [-0.15, -0.1) is 0 Å². The van der Waals surface area contributed by atoms with Crippen LogP contribution in [0.4, 0.5) is 5.69 Å². The molecule has 0 radical (unpaired) electrons. The highest BCUT2D eigenvalue weighted by Crippen LogP contribution is 2.24. The summed E-state index contributed by atoms with van der Waals surface area (Å²) >= 11 is 0. The van der Waals surface area contributed by atoms with Gasteiger partial charge >= 0.3 is 0 Å². The molecule has 1 atom stereocenters. The maximum atomic E-state index is 10.3. The average molecular weight is 257 g/mol. The Morgan fingerprint density at radius 2 is 1.37 bits per heavy atom. The maximum absolute atomic E-state index is 10.3. The number of anilines is 1. The fourth-order valence-electron chi connectivity index (χ4n) is 1.87. The summed E-state index contributed by atoms with van der Waals surface area (Å²) in [5.41, 5.74) is 7.98. The van der Waals surface area contributed by atoms with E-state index in [4.69, 9.17) is 10.5 Å². The zero-order valence-electron chi connectivity index (χ0n) is 11.2. The van der Waals surface area contributed by atoms with Gasteiger partial charge < -0.3 is 15.6 Å². The highest BCUT2D eigenvalue weighted by molar-refractivity contribution is 5.42. The van der Waals surface area contributed by atoms with E-state index in [1.165, 1.54) is 0 Å². The molecule has 1 unspecified atom stereocenters. The lowest BCUT2D eigenvalue weighted by atomic mass is 10.0. The molecule has 0 amide bonds. The Balaban J connectivity index is 2.15. The van der Waals surface area contributed by atoms with Crippen LogP contribution >= 0.6 is 0 Å². The Labute approximate surface area is 113 Å². The van der Waals surface area contributed by atoms with Crippen LogP contribution in [0.15, 0.2) is 48.5 Å². The van der Waals surface area contributed by atoms with Crippen molar-refractivity contribution in [2.75, 3.05) is 5.73 Å². The Morgan fingerprint density at radius 3 is 1.84 bits per heavy atom. The number of nitrogens with two attached hydrogens (primary N) is 1. The zero-order chi connectivity index (χ0) is 13.8. The molecule has 0 saturated heterocycles. The van der Waals surface area contributed by atoms with Crippen molar-refractivity contribution in [2.24, 2.45) is 0 Å². The second-order valence-corrected chi connectivity index (χ2v) is 4.80. The first-order valence-electron chi connectivity index (χ1n) is 6.36. The van der Waals surface area contributed by atoms with Crippen LogP contribution in [0.5, 0.6) is 5.75 Å². The van der Waals surface area contributed by atoms with Gasteiger partial charge in [-0.25, -0.2) is 0 Å². The molecule has 0 heterocycles. The molecule has 0 aliphatic rings. The number of ether oxygens (including phenoxy) is 1. The van der Waals surface area contributed by atoms with Crippen LogP contribution in [-0.2, 0) is 0 Å². The van der Waals surface area contributed by atoms with Gasteiger partial charge in [-0.2, -0.15) is 0 Å². The number of rotatable bonds is 4. The van der Waals surface area contributed by atoms with Crippen LogP contribution in [0.25, 0.3) is 0 Å². The maximum Gasteiger partial charge on any atom is 0.119 e. The third-order valence-electron chi connectivity index (χ3n) is 2.82. The number of hydrogen-bond acceptors (Lipinski definition) is 3. The first-order chi connectivity index (χ1) is 9.06. The molecule has 0 aromatic heterocycles. The quantitative estimate of drug-likeness (QED) is 0.827. The number of aliphatic hydroxyl groups excluding tert-OH is 1. The first kappa shape index (κ1) is 13.4. The molecule has 3 nitrogen and oxygen atoms in total. The molecule has 0 spiro atoms. The van der Waals surface area contributed by atoms with Gasteiger partial charge in [-0.3, -0.25) is 0 Å². The summed E-state index contributed by atoms with van der Waals surface area (Å²) < 4.78 is 5.57. The predicted molar refractivity (Wildman–Crippen MR) is 77.1 cm³/mol. The lowest BCUT2D eigenvalue weighted by Crippen LogP contribution is -2.06. The van der Waals surface area contributed by atoms with Crippen molar-refractivity contribution in [1.82, 2.24) is 0 Å². The van der Waals surface area contributed by atoms with Crippen LogP contribution in [0.3, 0.4) is 0 Å². The molecular formula is C16H19NO2. The van der Waals surface area contributed by atoms with Crippen molar-refractivity contribution in [3.8, 4) is 5.75 Å². The number of aliphatic hydroxyl groups is 1. The molecule has 19 heavy (non-hydrogen) atoms. The Bertz CT molecular complexity index is 517. The Hall–Kier alpha value is -2.00. The molecule has 0 saturated carbocycles. The predicted octanol–water partition coefficient (Wildman–Crippen LogP) is 3.14. The summed E-state index contributed by atoms with van der Waals surface area (Å²) in [4.78, 5) is 0. The van der Waals surface area contributed by atoms with Gasteiger partial charge in [0.25, 0.3) is 0 Å². The molecule has 3 heteroatoms. The molecular weight excluding hydrogens is 238 g/mol. The lowest BCUT2D eigenvalue weighted by Gasteiger charge is -2.14. The van der Waals surface area contributed by atoms with Crippen molar-refractivity contribution in [2.45, 2.75) is 26.1 Å². The third-order valence-corrected chi connectivity index (χ3v) is 2.82. The first-order valence-corrected chi connectivity index (χ1v) is 6.36. The molecule has 0 aliphatic carbocycles. The molecule has 2 aromatic rings. The standard InChI is InChI=1S/C16H19NO2/c1-11(2)19-15-9-5-13(6-10-15)16(18)12-3-7-14(17)8-4-12/h3-11,16,18H,17H2,1-2H3. The van der Waals surface area contributed by atoms with Gasteiger partial charge in [-0.1, -0.05) is 24.3 Å². The third kappa shape index (κ3) is 3.48. The van der Waals surface area contributed by atoms with E-state index >= 15 is 0 Å². The number of hydrogen-bond donors (Lipinski definition) is 2. The lowest BCUT2D eigenvalue weighted by molar-refractivity contribution is 0.219. The summed E-state index contributed by atoms with van der Waals surface area (Å²) in [7, 11) is 0. The van der Waals surface area contributed by atoms with E-state index < -0.39 is 6.10 Å². The van der Waals surface area contributed by atoms with Crippen LogP contribution in [-0.4, -0.2) is 11.2 Å². The smallest absolute Gasteiger partial charge is 0.119 e. The number of benzene rings is 2. The molecule has 0 bridgehead atoms. The molecule has 2 rings (SSSR count). The van der Waals surface area contributed by atoms with Gasteiger partial charge in [0.1, 0.15) is 11.9 Å². The molecule has 0 fully saturated rings. The van der Waals surface area contributed by atoms with E-state index in [1.807, 2.05) is 50.2 Å². The Morgan fingerprint density at radius 1 is 0.895 bits per heavy atom. The van der Waals surface area contributed by atoms with Gasteiger partial charge in [-0.05, 0) is 49.2 Å². The summed E-state index contributed by atoms with van der Waals surface area (Å²) in [6.07, 6.45) is -0.499. The summed E-state index contributed by atoms with van der Waals surface area (Å²) in [6.45, 7) is 3.97. The fourth-order valence-corrected chi connectivity index (χ4v) is 1.87.